The molecule has 0 amide bonds. The van der Waals surface area contributed by atoms with Crippen LogP contribution in [-0.4, -0.2) is 5.97 Å². The van der Waals surface area contributed by atoms with Crippen molar-refractivity contribution in [3.05, 3.63) is 96.2 Å². The van der Waals surface area contributed by atoms with E-state index >= 15 is 0 Å². The summed E-state index contributed by atoms with van der Waals surface area (Å²) in [7, 11) is -0.319. The fourth-order valence-electron chi connectivity index (χ4n) is 3.40. The van der Waals surface area contributed by atoms with Crippen molar-refractivity contribution in [1.29, 1.82) is 0 Å². The Bertz CT molecular complexity index is 1360. The fourth-order valence-corrected chi connectivity index (χ4v) is 5.78. The van der Waals surface area contributed by atoms with Crippen LogP contribution in [0.5, 0.6) is 5.75 Å². The molecule has 30 heavy (non-hydrogen) atoms. The number of thiophene rings is 1. The number of ether oxygens (including phenoxy) is 1. The molecule has 0 saturated heterocycles. The van der Waals surface area contributed by atoms with Crippen LogP contribution in [0.4, 0.5) is 13.2 Å². The van der Waals surface area contributed by atoms with Crippen molar-refractivity contribution >= 4 is 36.6 Å². The van der Waals surface area contributed by atoms with E-state index in [1.165, 1.54) is 20.2 Å². The predicted molar refractivity (Wildman–Crippen MR) is 109 cm³/mol. The molecule has 0 atom stereocenters. The van der Waals surface area contributed by atoms with Gasteiger partial charge in [-0.2, -0.15) is 13.2 Å². The summed E-state index contributed by atoms with van der Waals surface area (Å²) >= 11 is 0. The van der Waals surface area contributed by atoms with Gasteiger partial charge in [0.2, 0.25) is 11.6 Å². The van der Waals surface area contributed by atoms with Gasteiger partial charge in [-0.05, 0) is 36.4 Å². The van der Waals surface area contributed by atoms with Crippen molar-refractivity contribution in [3.8, 4) is 10.6 Å². The molecule has 2 heterocycles. The van der Waals surface area contributed by atoms with Crippen LogP contribution in [0, 0.1) is 17.6 Å². The molecule has 0 aliphatic rings. The molecule has 5 rings (SSSR count). The monoisotopic (exact) mass is 425 g/mol. The van der Waals surface area contributed by atoms with Gasteiger partial charge in [0, 0.05) is 33.4 Å². The van der Waals surface area contributed by atoms with Gasteiger partial charge in [0.05, 0.1) is 0 Å². The molecule has 0 aliphatic carbocycles. The third-order valence-electron chi connectivity index (χ3n) is 4.72. The van der Waals surface area contributed by atoms with Crippen molar-refractivity contribution in [2.45, 2.75) is 0 Å². The van der Waals surface area contributed by atoms with Gasteiger partial charge in [0.25, 0.3) is 5.76 Å². The van der Waals surface area contributed by atoms with E-state index in [2.05, 4.69) is 28.7 Å². The van der Waals surface area contributed by atoms with Gasteiger partial charge in [-0.1, -0.05) is 24.3 Å². The predicted octanol–water partition coefficient (Wildman–Crippen LogP) is 6.96. The number of hydrogen-bond donors (Lipinski definition) is 0. The molecular weight excluding hydrogens is 413 g/mol. The zero-order valence-corrected chi connectivity index (χ0v) is 16.0. The maximum Gasteiger partial charge on any atom is 0.383 e. The molecule has 0 radical (unpaired) electrons. The summed E-state index contributed by atoms with van der Waals surface area (Å²) in [5, 5.41) is 2.37. The third-order valence-corrected chi connectivity index (χ3v) is 7.05. The molecule has 0 aliphatic heterocycles. The largest absolute Gasteiger partial charge is 0.421 e. The minimum absolute atomic E-state index is 0.102. The lowest BCUT2D eigenvalue weighted by molar-refractivity contribution is 0.0685. The van der Waals surface area contributed by atoms with E-state index in [4.69, 9.17) is 4.74 Å². The van der Waals surface area contributed by atoms with Gasteiger partial charge in [-0.15, -0.1) is 0 Å². The minimum Gasteiger partial charge on any atom is -0.421 e. The Kier molecular flexibility index (Phi) is 4.33. The Hall–Kier alpha value is -3.58. The standard InChI is InChI=1S/C23H12F3O3S/c24-19-20(25)22(26)29-21(19)23(27)28-13-9-11-14(12-10-13)30-17-7-3-1-5-15(17)16-6-2-4-8-18(16)30/h1-12H/q+1. The van der Waals surface area contributed by atoms with Gasteiger partial charge in [0.15, 0.2) is 14.3 Å². The van der Waals surface area contributed by atoms with Crippen molar-refractivity contribution in [2.75, 3.05) is 0 Å². The SMILES string of the molecule is O=C(Oc1ccc(-[s+]2c3ccccc3c3ccccc32)cc1)c1oc(F)c(F)c1F. The van der Waals surface area contributed by atoms with E-state index in [0.29, 0.717) is 0 Å². The van der Waals surface area contributed by atoms with Gasteiger partial charge in [-0.3, -0.25) is 0 Å². The van der Waals surface area contributed by atoms with E-state index in [-0.39, 0.29) is 16.2 Å². The Morgan fingerprint density at radius 2 is 1.33 bits per heavy atom. The lowest BCUT2D eigenvalue weighted by Crippen LogP contribution is -2.09. The second kappa shape index (κ2) is 7.03. The maximum absolute atomic E-state index is 13.5. The number of esters is 1. The molecule has 0 spiro atoms. The summed E-state index contributed by atoms with van der Waals surface area (Å²) in [5.74, 6) is -5.92. The minimum atomic E-state index is -1.85. The first kappa shape index (κ1) is 18.4. The fraction of sp³-hybridized carbons (Fsp3) is 0. The lowest BCUT2D eigenvalue weighted by atomic mass is 10.2. The summed E-state index contributed by atoms with van der Waals surface area (Å²) in [6.45, 7) is 0. The molecule has 148 valence electrons. The van der Waals surface area contributed by atoms with Crippen LogP contribution in [0.3, 0.4) is 0 Å². The quantitative estimate of drug-likeness (QED) is 0.178. The Morgan fingerprint density at radius 1 is 0.767 bits per heavy atom. The third kappa shape index (κ3) is 2.86. The lowest BCUT2D eigenvalue weighted by Gasteiger charge is -2.02. The highest BCUT2D eigenvalue weighted by molar-refractivity contribution is 7.50. The Balaban J connectivity index is 1.51. The molecule has 3 nitrogen and oxygen atoms in total. The number of rotatable bonds is 3. The van der Waals surface area contributed by atoms with E-state index in [9.17, 15) is 18.0 Å². The number of hydrogen-bond acceptors (Lipinski definition) is 3. The smallest absolute Gasteiger partial charge is 0.383 e. The first-order valence-electron chi connectivity index (χ1n) is 8.93. The highest BCUT2D eigenvalue weighted by Crippen LogP contribution is 2.48. The maximum atomic E-state index is 13.5. The van der Waals surface area contributed by atoms with E-state index in [1.54, 1.807) is 12.1 Å². The summed E-state index contributed by atoms with van der Waals surface area (Å²) in [5.41, 5.74) is 0. The van der Waals surface area contributed by atoms with Crippen LogP contribution in [0.1, 0.15) is 10.6 Å². The number of furan rings is 1. The van der Waals surface area contributed by atoms with Gasteiger partial charge >= 0.3 is 12.0 Å². The van der Waals surface area contributed by atoms with Crippen LogP contribution in [0.15, 0.2) is 77.2 Å². The Labute approximate surface area is 170 Å². The molecule has 7 heteroatoms. The Morgan fingerprint density at radius 3 is 1.87 bits per heavy atom. The summed E-state index contributed by atoms with van der Waals surface area (Å²) in [4.78, 5) is 13.0. The highest BCUT2D eigenvalue weighted by atomic mass is 32.2. The van der Waals surface area contributed by atoms with Crippen molar-refractivity contribution in [2.24, 2.45) is 0 Å². The summed E-state index contributed by atoms with van der Waals surface area (Å²) in [6, 6.07) is 21.3. The summed E-state index contributed by atoms with van der Waals surface area (Å²) in [6.07, 6.45) is 0. The van der Waals surface area contributed by atoms with Gasteiger partial charge < -0.3 is 9.15 Å². The average Bonchev–Trinajstić information content (AvgIpc) is 3.24. The molecule has 0 fully saturated rings. The second-order valence-electron chi connectivity index (χ2n) is 6.49. The van der Waals surface area contributed by atoms with Crippen LogP contribution < -0.4 is 4.74 Å². The first-order chi connectivity index (χ1) is 14.5. The molecule has 0 unspecified atom stereocenters. The van der Waals surface area contributed by atoms with E-state index in [0.717, 1.165) is 4.90 Å². The zero-order valence-electron chi connectivity index (χ0n) is 15.2. The molecule has 3 aromatic carbocycles. The van der Waals surface area contributed by atoms with Gasteiger partial charge in [0.1, 0.15) is 5.75 Å². The number of carbonyl (C=O) groups excluding carboxylic acids is 1. The zero-order chi connectivity index (χ0) is 20.8. The van der Waals surface area contributed by atoms with Crippen molar-refractivity contribution in [3.63, 3.8) is 0 Å². The number of fused-ring (bicyclic) bond motifs is 3. The number of benzene rings is 3. The van der Waals surface area contributed by atoms with Crippen LogP contribution in [-0.2, 0) is 0 Å². The van der Waals surface area contributed by atoms with E-state index in [1.807, 2.05) is 36.4 Å². The molecule has 0 bridgehead atoms. The highest BCUT2D eigenvalue weighted by Gasteiger charge is 2.28. The summed E-state index contributed by atoms with van der Waals surface area (Å²) < 4.78 is 51.1. The molecule has 2 aromatic heterocycles. The van der Waals surface area contributed by atoms with Crippen molar-refractivity contribution < 1.29 is 27.1 Å². The topological polar surface area (TPSA) is 39.4 Å². The van der Waals surface area contributed by atoms with Gasteiger partial charge in [-0.25, -0.2) is 4.79 Å². The van der Waals surface area contributed by atoms with Crippen LogP contribution in [0.2, 0.25) is 0 Å². The second-order valence-corrected chi connectivity index (χ2v) is 8.46. The number of halogens is 3. The molecule has 5 aromatic rings. The first-order valence-corrected chi connectivity index (χ1v) is 10.2. The average molecular weight is 425 g/mol. The van der Waals surface area contributed by atoms with E-state index < -0.39 is 29.4 Å². The number of carbonyl (C=O) groups is 1. The van der Waals surface area contributed by atoms with Crippen LogP contribution >= 0.6 is 10.5 Å². The normalized spacial score (nSPS) is 11.3. The van der Waals surface area contributed by atoms with Crippen molar-refractivity contribution in [1.82, 2.24) is 0 Å². The molecular formula is C23H12F3O3S+. The van der Waals surface area contributed by atoms with Crippen LogP contribution in [0.25, 0.3) is 25.1 Å². The molecule has 0 N–H and O–H groups in total. The molecule has 0 saturated carbocycles.